The number of carbonyl (C=O) groups excluding carboxylic acids is 3. The Kier molecular flexibility index (Phi) is 8.80. The number of fused-ring (bicyclic) bond motifs is 2. The number of aryl methyl sites for hydroxylation is 2. The zero-order valence-electron chi connectivity index (χ0n) is 19.6. The lowest BCUT2D eigenvalue weighted by Crippen LogP contribution is -3.15. The Morgan fingerprint density at radius 1 is 0.943 bits per heavy atom. The van der Waals surface area contributed by atoms with Crippen molar-refractivity contribution < 1.29 is 39.0 Å². The summed E-state index contributed by atoms with van der Waals surface area (Å²) in [5, 5.41) is 16.3. The van der Waals surface area contributed by atoms with E-state index in [0.717, 1.165) is 37.3 Å². The third-order valence-corrected chi connectivity index (χ3v) is 5.95. The number of carboxylic acid groups (broad SMARTS) is 2. The average Bonchev–Trinajstić information content (AvgIpc) is 3.02. The molecule has 186 valence electrons. The van der Waals surface area contributed by atoms with Crippen molar-refractivity contribution in [1.29, 1.82) is 0 Å². The van der Waals surface area contributed by atoms with Gasteiger partial charge in [-0.15, -0.1) is 0 Å². The van der Waals surface area contributed by atoms with Gasteiger partial charge in [0.2, 0.25) is 0 Å². The van der Waals surface area contributed by atoms with Crippen LogP contribution < -0.4 is 14.9 Å². The molecule has 2 aromatic carbocycles. The molecule has 0 atom stereocenters. The van der Waals surface area contributed by atoms with Crippen LogP contribution in [0.2, 0.25) is 0 Å². The van der Waals surface area contributed by atoms with Gasteiger partial charge in [0.05, 0.1) is 44.2 Å². The van der Waals surface area contributed by atoms with E-state index in [9.17, 15) is 9.59 Å². The van der Waals surface area contributed by atoms with Crippen molar-refractivity contribution in [2.24, 2.45) is 0 Å². The first-order valence-corrected chi connectivity index (χ1v) is 11.5. The predicted molar refractivity (Wildman–Crippen MR) is 124 cm³/mol. The fraction of sp³-hybridized carbons (Fsp3) is 0.360. The van der Waals surface area contributed by atoms with Gasteiger partial charge in [0.1, 0.15) is 0 Å². The molecule has 2 amide bonds. The van der Waals surface area contributed by atoms with E-state index in [2.05, 4.69) is 12.1 Å². The summed E-state index contributed by atoms with van der Waals surface area (Å²) in [6, 6.07) is 16.4. The molecule has 0 unspecified atom stereocenters. The molecule has 35 heavy (non-hydrogen) atoms. The summed E-state index contributed by atoms with van der Waals surface area (Å²) in [4.78, 5) is 48.2. The number of hydrogen-bond donors (Lipinski definition) is 2. The number of anilines is 2. The minimum absolute atomic E-state index is 0.103. The first-order valence-electron chi connectivity index (χ1n) is 11.5. The van der Waals surface area contributed by atoms with Crippen LogP contribution in [-0.4, -0.2) is 73.3 Å². The second kappa shape index (κ2) is 12.0. The molecule has 4 rings (SSSR count). The number of rotatable bonds is 3. The van der Waals surface area contributed by atoms with E-state index in [0.29, 0.717) is 26.2 Å². The molecule has 0 bridgehead atoms. The second-order valence-electron chi connectivity index (χ2n) is 8.19. The molecule has 10 heteroatoms. The van der Waals surface area contributed by atoms with Crippen LogP contribution in [0.4, 0.5) is 16.2 Å². The Morgan fingerprint density at radius 3 is 1.89 bits per heavy atom. The third-order valence-electron chi connectivity index (χ3n) is 5.95. The van der Waals surface area contributed by atoms with Crippen molar-refractivity contribution in [3.05, 3.63) is 59.7 Å². The van der Waals surface area contributed by atoms with E-state index in [1.165, 1.54) is 16.0 Å². The zero-order valence-corrected chi connectivity index (χ0v) is 19.6. The number of amides is 2. The maximum atomic E-state index is 13.5. The number of hydrogen-bond acceptors (Lipinski definition) is 6. The number of quaternary nitrogens is 1. The molecule has 2 aliphatic heterocycles. The van der Waals surface area contributed by atoms with Crippen LogP contribution in [0.25, 0.3) is 0 Å². The van der Waals surface area contributed by atoms with E-state index in [1.807, 2.05) is 48.2 Å². The molecule has 2 aliphatic rings. The van der Waals surface area contributed by atoms with Crippen LogP contribution in [-0.2, 0) is 32.0 Å². The number of para-hydroxylation sites is 2. The Hall–Kier alpha value is -3.92. The van der Waals surface area contributed by atoms with Crippen LogP contribution in [0.1, 0.15) is 18.1 Å². The maximum Gasteiger partial charge on any atom is 0.410 e. The van der Waals surface area contributed by atoms with Gasteiger partial charge in [-0.2, -0.15) is 0 Å². The van der Waals surface area contributed by atoms with Crippen molar-refractivity contribution in [3.63, 3.8) is 0 Å². The normalized spacial score (nSPS) is 15.0. The number of aliphatic carboxylic acids is 2. The fourth-order valence-corrected chi connectivity index (χ4v) is 4.24. The SMILES string of the molecule is CCOC(=O)N1CC[NH+](CC(=O)N2c3ccccc3CCc3ccccc32)CC1.O=C([O-])C(=O)O. The first kappa shape index (κ1) is 25.7. The Balaban J connectivity index is 0.000000509. The lowest BCUT2D eigenvalue weighted by Gasteiger charge is -2.32. The molecule has 0 saturated carbocycles. The summed E-state index contributed by atoms with van der Waals surface area (Å²) in [7, 11) is 0. The summed E-state index contributed by atoms with van der Waals surface area (Å²) in [6.07, 6.45) is 1.61. The Bertz CT molecular complexity index is 1020. The molecular formula is C25H29N3O7. The van der Waals surface area contributed by atoms with Crippen molar-refractivity contribution >= 4 is 35.3 Å². The van der Waals surface area contributed by atoms with E-state index >= 15 is 0 Å². The number of nitrogens with zero attached hydrogens (tertiary/aromatic N) is 2. The highest BCUT2D eigenvalue weighted by Gasteiger charge is 2.31. The predicted octanol–water partition coefficient (Wildman–Crippen LogP) is -0.372. The molecule has 10 nitrogen and oxygen atoms in total. The van der Waals surface area contributed by atoms with Gasteiger partial charge in [0, 0.05) is 0 Å². The molecule has 2 heterocycles. The molecule has 0 radical (unpaired) electrons. The number of nitrogens with one attached hydrogen (secondary N) is 1. The number of ether oxygens (including phenoxy) is 1. The van der Waals surface area contributed by atoms with Gasteiger partial charge < -0.3 is 24.6 Å². The molecule has 2 aromatic rings. The summed E-state index contributed by atoms with van der Waals surface area (Å²) < 4.78 is 5.09. The Morgan fingerprint density at radius 2 is 1.43 bits per heavy atom. The third kappa shape index (κ3) is 6.57. The standard InChI is InChI=1S/C23H27N3O3.C2H2O4/c1-2-29-23(28)25-15-13-24(14-16-25)17-22(27)26-20-9-5-3-7-18(20)11-12-19-8-4-6-10-21(19)26;3-1(4)2(5)6/h3-10H,2,11-17H2,1H3;(H,3,4)(H,5,6). The second-order valence-corrected chi connectivity index (χ2v) is 8.19. The van der Waals surface area contributed by atoms with Gasteiger partial charge in [-0.1, -0.05) is 36.4 Å². The Labute approximate surface area is 203 Å². The van der Waals surface area contributed by atoms with Crippen molar-refractivity contribution in [2.75, 3.05) is 44.2 Å². The van der Waals surface area contributed by atoms with Crippen LogP contribution in [0.5, 0.6) is 0 Å². The minimum atomic E-state index is -2.07. The number of carboxylic acids is 2. The number of carbonyl (C=O) groups is 4. The number of benzene rings is 2. The maximum absolute atomic E-state index is 13.5. The highest BCUT2D eigenvalue weighted by molar-refractivity contribution is 6.26. The molecule has 1 fully saturated rings. The van der Waals surface area contributed by atoms with Crippen LogP contribution >= 0.6 is 0 Å². The molecule has 0 aliphatic carbocycles. The van der Waals surface area contributed by atoms with Gasteiger partial charge in [0.15, 0.2) is 12.5 Å². The van der Waals surface area contributed by atoms with Crippen molar-refractivity contribution in [2.45, 2.75) is 19.8 Å². The van der Waals surface area contributed by atoms with Crippen LogP contribution in [0, 0.1) is 0 Å². The largest absolute Gasteiger partial charge is 0.539 e. The highest BCUT2D eigenvalue weighted by Crippen LogP contribution is 2.35. The van der Waals surface area contributed by atoms with Crippen LogP contribution in [0.3, 0.4) is 0 Å². The zero-order chi connectivity index (χ0) is 25.4. The van der Waals surface area contributed by atoms with Gasteiger partial charge in [-0.3, -0.25) is 14.6 Å². The first-order chi connectivity index (χ1) is 16.8. The van der Waals surface area contributed by atoms with E-state index in [-0.39, 0.29) is 12.0 Å². The van der Waals surface area contributed by atoms with Crippen LogP contribution in [0.15, 0.2) is 48.5 Å². The topological polar surface area (TPSA) is 132 Å². The quantitative estimate of drug-likeness (QED) is 0.570. The van der Waals surface area contributed by atoms with Gasteiger partial charge in [-0.05, 0) is 43.0 Å². The van der Waals surface area contributed by atoms with E-state index in [4.69, 9.17) is 24.5 Å². The van der Waals surface area contributed by atoms with E-state index in [1.54, 1.807) is 4.90 Å². The smallest absolute Gasteiger partial charge is 0.410 e. The van der Waals surface area contributed by atoms with Gasteiger partial charge in [0.25, 0.3) is 5.91 Å². The van der Waals surface area contributed by atoms with Crippen molar-refractivity contribution in [1.82, 2.24) is 4.90 Å². The molecule has 2 N–H and O–H groups in total. The molecule has 0 aromatic heterocycles. The summed E-state index contributed by atoms with van der Waals surface area (Å²) in [5.74, 6) is -3.91. The average molecular weight is 484 g/mol. The summed E-state index contributed by atoms with van der Waals surface area (Å²) in [6.45, 7) is 5.36. The molecule has 1 saturated heterocycles. The van der Waals surface area contributed by atoms with Gasteiger partial charge >= 0.3 is 12.1 Å². The van der Waals surface area contributed by atoms with Crippen molar-refractivity contribution in [3.8, 4) is 0 Å². The van der Waals surface area contributed by atoms with Gasteiger partial charge in [-0.25, -0.2) is 9.59 Å². The molecule has 0 spiro atoms. The summed E-state index contributed by atoms with van der Waals surface area (Å²) in [5.41, 5.74) is 4.40. The fourth-order valence-electron chi connectivity index (χ4n) is 4.24. The summed E-state index contributed by atoms with van der Waals surface area (Å²) >= 11 is 0. The highest BCUT2D eigenvalue weighted by atomic mass is 16.6. The minimum Gasteiger partial charge on any atom is -0.539 e. The molecular weight excluding hydrogens is 454 g/mol. The lowest BCUT2D eigenvalue weighted by molar-refractivity contribution is -0.895. The number of piperazine rings is 1. The monoisotopic (exact) mass is 483 g/mol. The van der Waals surface area contributed by atoms with E-state index < -0.39 is 11.9 Å². The lowest BCUT2D eigenvalue weighted by atomic mass is 10.0.